The Kier molecular flexibility index (Phi) is 7.55. The van der Waals surface area contributed by atoms with Crippen LogP contribution in [0.1, 0.15) is 36.0 Å². The molecule has 0 saturated carbocycles. The molecule has 1 unspecified atom stereocenters. The second kappa shape index (κ2) is 9.87. The van der Waals surface area contributed by atoms with Crippen molar-refractivity contribution in [3.8, 4) is 17.2 Å². The molecule has 1 N–H and O–H groups in total. The molecule has 7 nitrogen and oxygen atoms in total. The fourth-order valence-corrected chi connectivity index (χ4v) is 3.06. The number of nitrogens with zero attached hydrogens (tertiary/aromatic N) is 1. The van der Waals surface area contributed by atoms with Gasteiger partial charge in [0, 0.05) is 12.1 Å². The van der Waals surface area contributed by atoms with Crippen LogP contribution in [0.5, 0.6) is 17.2 Å². The molecule has 0 aliphatic rings. The van der Waals surface area contributed by atoms with Gasteiger partial charge in [0.25, 0.3) is 5.91 Å². The van der Waals surface area contributed by atoms with Crippen molar-refractivity contribution < 1.29 is 23.4 Å². The number of hydrogen-bond acceptors (Lipinski definition) is 6. The number of likely N-dealkylation sites (N-methyl/N-ethyl adjacent to an activating group) is 1. The largest absolute Gasteiger partial charge is 0.493 e. The molecule has 0 aliphatic heterocycles. The average Bonchev–Trinajstić information content (AvgIpc) is 3.23. The highest BCUT2D eigenvalue weighted by Crippen LogP contribution is 2.38. The van der Waals surface area contributed by atoms with E-state index in [1.807, 2.05) is 12.1 Å². The number of carbonyl (C=O) groups is 1. The van der Waals surface area contributed by atoms with Crippen molar-refractivity contribution in [1.29, 1.82) is 0 Å². The van der Waals surface area contributed by atoms with Gasteiger partial charge >= 0.3 is 0 Å². The Morgan fingerprint density at radius 2 is 1.74 bits per heavy atom. The maximum absolute atomic E-state index is 12.7. The van der Waals surface area contributed by atoms with Gasteiger partial charge in [-0.25, -0.2) is 0 Å². The molecule has 1 atom stereocenters. The minimum atomic E-state index is -0.224. The third-order valence-electron chi connectivity index (χ3n) is 4.51. The number of rotatable bonds is 10. The molecule has 0 saturated heterocycles. The van der Waals surface area contributed by atoms with Gasteiger partial charge in [0.2, 0.25) is 5.75 Å². The van der Waals surface area contributed by atoms with Gasteiger partial charge in [0.15, 0.2) is 11.5 Å². The van der Waals surface area contributed by atoms with Crippen molar-refractivity contribution in [1.82, 2.24) is 10.2 Å². The third kappa shape index (κ3) is 4.74. The Labute approximate surface area is 160 Å². The van der Waals surface area contributed by atoms with Crippen molar-refractivity contribution in [3.05, 3.63) is 41.9 Å². The van der Waals surface area contributed by atoms with Crippen molar-refractivity contribution in [2.45, 2.75) is 19.9 Å². The maximum atomic E-state index is 12.7. The van der Waals surface area contributed by atoms with Crippen molar-refractivity contribution in [2.24, 2.45) is 0 Å². The molecular formula is C20H28N2O5. The molecule has 0 aliphatic carbocycles. The van der Waals surface area contributed by atoms with E-state index in [1.165, 1.54) is 21.3 Å². The van der Waals surface area contributed by atoms with Crippen molar-refractivity contribution in [2.75, 3.05) is 41.0 Å². The lowest BCUT2D eigenvalue weighted by molar-refractivity contribution is 0.0929. The van der Waals surface area contributed by atoms with Gasteiger partial charge in [0.05, 0.1) is 33.6 Å². The minimum absolute atomic E-state index is 0.0408. The summed E-state index contributed by atoms with van der Waals surface area (Å²) in [5, 5.41) is 2.98. The molecule has 27 heavy (non-hydrogen) atoms. The molecule has 0 radical (unpaired) electrons. The van der Waals surface area contributed by atoms with E-state index in [2.05, 4.69) is 24.1 Å². The zero-order valence-electron chi connectivity index (χ0n) is 16.6. The number of amides is 1. The number of furan rings is 1. The third-order valence-corrected chi connectivity index (χ3v) is 4.51. The Balaban J connectivity index is 2.20. The summed E-state index contributed by atoms with van der Waals surface area (Å²) in [4.78, 5) is 15.0. The quantitative estimate of drug-likeness (QED) is 0.687. The van der Waals surface area contributed by atoms with Crippen LogP contribution >= 0.6 is 0 Å². The van der Waals surface area contributed by atoms with Crippen molar-refractivity contribution in [3.63, 3.8) is 0 Å². The van der Waals surface area contributed by atoms with Gasteiger partial charge in [-0.2, -0.15) is 0 Å². The van der Waals surface area contributed by atoms with E-state index >= 15 is 0 Å². The van der Waals surface area contributed by atoms with E-state index in [1.54, 1.807) is 18.4 Å². The van der Waals surface area contributed by atoms with Crippen LogP contribution in [0.4, 0.5) is 0 Å². The SMILES string of the molecule is CCN(CC)C(CNC(=O)c1cc(OC)c(OC)c(OC)c1)c1ccco1. The number of nitrogens with one attached hydrogen (secondary N) is 1. The fourth-order valence-electron chi connectivity index (χ4n) is 3.06. The molecule has 1 aromatic heterocycles. The number of ether oxygens (including phenoxy) is 3. The highest BCUT2D eigenvalue weighted by atomic mass is 16.5. The van der Waals surface area contributed by atoms with Gasteiger partial charge in [-0.1, -0.05) is 13.8 Å². The van der Waals surface area contributed by atoms with Crippen LogP contribution in [0.25, 0.3) is 0 Å². The summed E-state index contributed by atoms with van der Waals surface area (Å²) in [5.74, 6) is 1.93. The fraction of sp³-hybridized carbons (Fsp3) is 0.450. The summed E-state index contributed by atoms with van der Waals surface area (Å²) >= 11 is 0. The highest BCUT2D eigenvalue weighted by molar-refractivity contribution is 5.95. The molecule has 1 amide bonds. The molecule has 2 aromatic rings. The van der Waals surface area contributed by atoms with E-state index in [0.29, 0.717) is 29.4 Å². The summed E-state index contributed by atoms with van der Waals surface area (Å²) in [7, 11) is 4.57. The lowest BCUT2D eigenvalue weighted by Gasteiger charge is -2.28. The second-order valence-corrected chi connectivity index (χ2v) is 5.88. The Morgan fingerprint density at radius 1 is 1.11 bits per heavy atom. The van der Waals surface area contributed by atoms with Crippen LogP contribution in [-0.2, 0) is 0 Å². The first-order valence-corrected chi connectivity index (χ1v) is 8.95. The zero-order valence-corrected chi connectivity index (χ0v) is 16.6. The van der Waals surface area contributed by atoms with Gasteiger partial charge < -0.3 is 23.9 Å². The number of methoxy groups -OCH3 is 3. The van der Waals surface area contributed by atoms with E-state index in [-0.39, 0.29) is 11.9 Å². The van der Waals surface area contributed by atoms with Crippen LogP contribution in [0.2, 0.25) is 0 Å². The van der Waals surface area contributed by atoms with Gasteiger partial charge in [-0.15, -0.1) is 0 Å². The first kappa shape index (κ1) is 20.6. The molecule has 7 heteroatoms. The summed E-state index contributed by atoms with van der Waals surface area (Å²) in [5.41, 5.74) is 0.433. The summed E-state index contributed by atoms with van der Waals surface area (Å²) in [6, 6.07) is 7.01. The highest BCUT2D eigenvalue weighted by Gasteiger charge is 2.22. The second-order valence-electron chi connectivity index (χ2n) is 5.88. The molecule has 1 heterocycles. The Hall–Kier alpha value is -2.67. The molecule has 0 fully saturated rings. The smallest absolute Gasteiger partial charge is 0.251 e. The molecule has 148 valence electrons. The first-order valence-electron chi connectivity index (χ1n) is 8.95. The lowest BCUT2D eigenvalue weighted by Crippen LogP contribution is -2.37. The predicted molar refractivity (Wildman–Crippen MR) is 103 cm³/mol. The van der Waals surface area contributed by atoms with Crippen LogP contribution in [0.3, 0.4) is 0 Å². The summed E-state index contributed by atoms with van der Waals surface area (Å²) in [6.45, 7) is 6.29. The standard InChI is InChI=1S/C20H28N2O5/c1-6-22(7-2)15(16-9-8-10-27-16)13-21-20(23)14-11-17(24-3)19(26-5)18(12-14)25-4/h8-12,15H,6-7,13H2,1-5H3,(H,21,23). The Morgan fingerprint density at radius 3 is 2.19 bits per heavy atom. The van der Waals surface area contributed by atoms with Crippen LogP contribution < -0.4 is 19.5 Å². The summed E-state index contributed by atoms with van der Waals surface area (Å²) in [6.07, 6.45) is 1.65. The van der Waals surface area contributed by atoms with Gasteiger partial charge in [-0.05, 0) is 37.4 Å². The molecule has 0 bridgehead atoms. The average molecular weight is 376 g/mol. The number of benzene rings is 1. The Bertz CT molecular complexity index is 701. The van der Waals surface area contributed by atoms with Crippen LogP contribution in [-0.4, -0.2) is 51.8 Å². The number of hydrogen-bond donors (Lipinski definition) is 1. The zero-order chi connectivity index (χ0) is 19.8. The van der Waals surface area contributed by atoms with Crippen LogP contribution in [0.15, 0.2) is 34.9 Å². The van der Waals surface area contributed by atoms with Gasteiger partial charge in [0.1, 0.15) is 5.76 Å². The van der Waals surface area contributed by atoms with E-state index in [9.17, 15) is 4.79 Å². The molecule has 2 rings (SSSR count). The molecular weight excluding hydrogens is 348 g/mol. The predicted octanol–water partition coefficient (Wildman–Crippen LogP) is 3.12. The topological polar surface area (TPSA) is 73.2 Å². The lowest BCUT2D eigenvalue weighted by atomic mass is 10.1. The monoisotopic (exact) mass is 376 g/mol. The maximum Gasteiger partial charge on any atom is 0.251 e. The van der Waals surface area contributed by atoms with Crippen LogP contribution in [0, 0.1) is 0 Å². The number of carbonyl (C=O) groups excluding carboxylic acids is 1. The van der Waals surface area contributed by atoms with E-state index in [0.717, 1.165) is 18.8 Å². The van der Waals surface area contributed by atoms with E-state index < -0.39 is 0 Å². The first-order chi connectivity index (χ1) is 13.1. The normalized spacial score (nSPS) is 11.9. The summed E-state index contributed by atoms with van der Waals surface area (Å²) < 4.78 is 21.5. The molecule has 0 spiro atoms. The van der Waals surface area contributed by atoms with Gasteiger partial charge in [-0.3, -0.25) is 9.69 Å². The molecule has 1 aromatic carbocycles. The minimum Gasteiger partial charge on any atom is -0.493 e. The van der Waals surface area contributed by atoms with Crippen molar-refractivity contribution >= 4 is 5.91 Å². The van der Waals surface area contributed by atoms with E-state index in [4.69, 9.17) is 18.6 Å².